The maximum absolute atomic E-state index is 11.5. The second-order valence-corrected chi connectivity index (χ2v) is 4.63. The van der Waals surface area contributed by atoms with Crippen LogP contribution in [0.1, 0.15) is 16.3 Å². The molecule has 0 aromatic carbocycles. The number of hydrogen-bond acceptors (Lipinski definition) is 8. The monoisotopic (exact) mass is 317 g/mol. The minimum atomic E-state index is -1.48. The Balaban J connectivity index is 1.90. The number of carboxylic acid groups (broad SMARTS) is 1. The summed E-state index contributed by atoms with van der Waals surface area (Å²) in [6.45, 7) is 0.319. The maximum Gasteiger partial charge on any atom is 0.358 e. The van der Waals surface area contributed by atoms with Crippen molar-refractivity contribution in [1.29, 1.82) is 0 Å². The van der Waals surface area contributed by atoms with Crippen molar-refractivity contribution in [2.24, 2.45) is 0 Å². The van der Waals surface area contributed by atoms with Crippen molar-refractivity contribution in [3.8, 4) is 5.75 Å². The number of carboxylic acids is 1. The molecule has 3 rings (SSSR count). The molecule has 0 aliphatic rings. The van der Waals surface area contributed by atoms with Crippen LogP contribution >= 0.6 is 0 Å². The van der Waals surface area contributed by atoms with Crippen LogP contribution in [0.15, 0.2) is 17.4 Å². The fraction of sp³-hybridized carbons (Fsp3) is 0.167. The molecule has 0 atom stereocenters. The lowest BCUT2D eigenvalue weighted by molar-refractivity contribution is 0.0686. The number of aromatic nitrogens is 6. The van der Waals surface area contributed by atoms with Gasteiger partial charge in [-0.1, -0.05) is 0 Å². The van der Waals surface area contributed by atoms with Crippen molar-refractivity contribution in [1.82, 2.24) is 29.5 Å². The van der Waals surface area contributed by atoms with Gasteiger partial charge in [0.25, 0.3) is 5.56 Å². The molecule has 23 heavy (non-hydrogen) atoms. The van der Waals surface area contributed by atoms with E-state index in [2.05, 4.69) is 24.9 Å². The Kier molecular flexibility index (Phi) is 3.37. The molecule has 3 aromatic rings. The summed E-state index contributed by atoms with van der Waals surface area (Å²) in [5.74, 6) is -2.04. The van der Waals surface area contributed by atoms with Crippen LogP contribution in [0.2, 0.25) is 0 Å². The number of rotatable bonds is 4. The van der Waals surface area contributed by atoms with E-state index >= 15 is 0 Å². The zero-order valence-electron chi connectivity index (χ0n) is 11.6. The topological polar surface area (TPSA) is 173 Å². The molecule has 11 heteroatoms. The fourth-order valence-electron chi connectivity index (χ4n) is 2.07. The van der Waals surface area contributed by atoms with E-state index in [9.17, 15) is 14.7 Å². The van der Waals surface area contributed by atoms with Gasteiger partial charge < -0.3 is 25.5 Å². The van der Waals surface area contributed by atoms with E-state index in [-0.39, 0.29) is 18.1 Å². The average molecular weight is 317 g/mol. The molecule has 0 aliphatic carbocycles. The second kappa shape index (κ2) is 5.36. The van der Waals surface area contributed by atoms with E-state index < -0.39 is 23.0 Å². The minimum Gasteiger partial charge on any atom is -0.501 e. The normalized spacial score (nSPS) is 11.0. The smallest absolute Gasteiger partial charge is 0.358 e. The molecular formula is C12H11N7O4. The number of aromatic hydroxyl groups is 1. The molecule has 0 aliphatic heterocycles. The molecule has 118 valence electrons. The number of carbonyl (C=O) groups is 1. The van der Waals surface area contributed by atoms with Crippen molar-refractivity contribution in [2.75, 3.05) is 5.73 Å². The Morgan fingerprint density at radius 1 is 1.35 bits per heavy atom. The molecule has 0 radical (unpaired) electrons. The van der Waals surface area contributed by atoms with Crippen molar-refractivity contribution >= 4 is 23.0 Å². The van der Waals surface area contributed by atoms with Crippen LogP contribution in [-0.2, 0) is 13.0 Å². The highest BCUT2D eigenvalue weighted by Gasteiger charge is 2.17. The highest BCUT2D eigenvalue weighted by atomic mass is 16.4. The molecule has 0 bridgehead atoms. The van der Waals surface area contributed by atoms with Crippen molar-refractivity contribution < 1.29 is 15.0 Å². The highest BCUT2D eigenvalue weighted by molar-refractivity contribution is 5.88. The summed E-state index contributed by atoms with van der Waals surface area (Å²) in [7, 11) is 0. The van der Waals surface area contributed by atoms with Gasteiger partial charge >= 0.3 is 5.97 Å². The van der Waals surface area contributed by atoms with Crippen LogP contribution < -0.4 is 11.3 Å². The van der Waals surface area contributed by atoms with E-state index in [1.807, 2.05) is 0 Å². The Bertz CT molecular complexity index is 962. The van der Waals surface area contributed by atoms with Gasteiger partial charge in [0.1, 0.15) is 17.7 Å². The standard InChI is InChI=1S/C12H11N7O4/c13-9-7-10(15-3-14-9)19(4-16-7)2-1-5-17-6(12(22)23)8(20)11(21)18-5/h3-4,20H,1-2H2,(H,22,23)(H2,13,14,15)(H,17,18,21). The molecule has 0 fully saturated rings. The fourth-order valence-corrected chi connectivity index (χ4v) is 2.07. The molecule has 0 saturated carbocycles. The summed E-state index contributed by atoms with van der Waals surface area (Å²) in [5.41, 5.74) is 5.05. The SMILES string of the molecule is Nc1ncnc2c1ncn2CCc1nc(C(=O)O)c(O)c(=O)[nH]1. The summed E-state index contributed by atoms with van der Waals surface area (Å²) in [6.07, 6.45) is 3.01. The van der Waals surface area contributed by atoms with Crippen LogP contribution in [0.5, 0.6) is 5.75 Å². The van der Waals surface area contributed by atoms with Gasteiger partial charge in [0.2, 0.25) is 5.75 Å². The van der Waals surface area contributed by atoms with Crippen LogP contribution in [0.3, 0.4) is 0 Å². The number of aryl methyl sites for hydroxylation is 2. The lowest BCUT2D eigenvalue weighted by atomic mass is 10.3. The van der Waals surface area contributed by atoms with Gasteiger partial charge in [-0.15, -0.1) is 0 Å². The quantitative estimate of drug-likeness (QED) is 0.477. The van der Waals surface area contributed by atoms with E-state index in [1.54, 1.807) is 4.57 Å². The molecular weight excluding hydrogens is 306 g/mol. The van der Waals surface area contributed by atoms with E-state index in [0.29, 0.717) is 17.7 Å². The van der Waals surface area contributed by atoms with Crippen LogP contribution in [0.25, 0.3) is 11.2 Å². The van der Waals surface area contributed by atoms with Gasteiger partial charge in [0.05, 0.1) is 6.33 Å². The largest absolute Gasteiger partial charge is 0.501 e. The van der Waals surface area contributed by atoms with Crippen LogP contribution in [0.4, 0.5) is 5.82 Å². The Hall–Kier alpha value is -3.50. The lowest BCUT2D eigenvalue weighted by Gasteiger charge is -2.05. The number of nitrogens with zero attached hydrogens (tertiary/aromatic N) is 5. The van der Waals surface area contributed by atoms with E-state index in [4.69, 9.17) is 10.8 Å². The third-order valence-electron chi connectivity index (χ3n) is 3.17. The van der Waals surface area contributed by atoms with Gasteiger partial charge in [-0.3, -0.25) is 4.79 Å². The number of aromatic carboxylic acids is 1. The summed E-state index contributed by atoms with van der Waals surface area (Å²) in [5, 5.41) is 18.3. The van der Waals surface area contributed by atoms with Gasteiger partial charge in [0.15, 0.2) is 17.2 Å². The number of nitrogens with one attached hydrogen (secondary N) is 1. The molecule has 0 amide bonds. The number of nitrogens with two attached hydrogens (primary N) is 1. The first-order valence-corrected chi connectivity index (χ1v) is 6.44. The molecule has 11 nitrogen and oxygen atoms in total. The summed E-state index contributed by atoms with van der Waals surface area (Å²) in [6, 6.07) is 0. The van der Waals surface area contributed by atoms with Crippen molar-refractivity contribution in [3.05, 3.63) is 34.5 Å². The molecule has 0 saturated heterocycles. The lowest BCUT2D eigenvalue weighted by Crippen LogP contribution is -2.18. The van der Waals surface area contributed by atoms with Gasteiger partial charge in [-0.2, -0.15) is 0 Å². The maximum atomic E-state index is 11.5. The Labute approximate surface area is 127 Å². The third kappa shape index (κ3) is 2.54. The molecule has 3 aromatic heterocycles. The predicted molar refractivity (Wildman–Crippen MR) is 76.9 cm³/mol. The summed E-state index contributed by atoms with van der Waals surface area (Å²) < 4.78 is 1.67. The zero-order chi connectivity index (χ0) is 16.6. The second-order valence-electron chi connectivity index (χ2n) is 4.63. The number of fused-ring (bicyclic) bond motifs is 1. The number of aromatic amines is 1. The predicted octanol–water partition coefficient (Wildman–Crippen LogP) is -0.862. The van der Waals surface area contributed by atoms with Gasteiger partial charge in [0, 0.05) is 13.0 Å². The van der Waals surface area contributed by atoms with Crippen LogP contribution in [0, 0.1) is 0 Å². The minimum absolute atomic E-state index is 0.120. The summed E-state index contributed by atoms with van der Waals surface area (Å²) in [4.78, 5) is 40.5. The number of anilines is 1. The van der Waals surface area contributed by atoms with E-state index in [0.717, 1.165) is 0 Å². The van der Waals surface area contributed by atoms with E-state index in [1.165, 1.54) is 12.7 Å². The first-order valence-electron chi connectivity index (χ1n) is 6.44. The number of H-pyrrole nitrogens is 1. The van der Waals surface area contributed by atoms with Gasteiger partial charge in [-0.05, 0) is 0 Å². The molecule has 0 spiro atoms. The number of imidazole rings is 1. The average Bonchev–Trinajstić information content (AvgIpc) is 2.92. The third-order valence-corrected chi connectivity index (χ3v) is 3.17. The van der Waals surface area contributed by atoms with Crippen molar-refractivity contribution in [3.63, 3.8) is 0 Å². The van der Waals surface area contributed by atoms with Crippen LogP contribution in [-0.4, -0.2) is 45.7 Å². The molecule has 3 heterocycles. The van der Waals surface area contributed by atoms with Gasteiger partial charge in [-0.25, -0.2) is 24.7 Å². The first kappa shape index (κ1) is 14.4. The Morgan fingerprint density at radius 2 is 2.13 bits per heavy atom. The van der Waals surface area contributed by atoms with Crippen molar-refractivity contribution in [2.45, 2.75) is 13.0 Å². The molecule has 5 N–H and O–H groups in total. The highest BCUT2D eigenvalue weighted by Crippen LogP contribution is 2.14. The number of hydrogen-bond donors (Lipinski definition) is 4. The Morgan fingerprint density at radius 3 is 2.87 bits per heavy atom. The number of nitrogen functional groups attached to an aromatic ring is 1. The first-order chi connectivity index (χ1) is 11.0. The summed E-state index contributed by atoms with van der Waals surface area (Å²) >= 11 is 0. The zero-order valence-corrected chi connectivity index (χ0v) is 11.6. The molecule has 0 unspecified atom stereocenters.